The Bertz CT molecular complexity index is 687. The van der Waals surface area contributed by atoms with Gasteiger partial charge in [0, 0.05) is 74.7 Å². The molecule has 0 aromatic heterocycles. The van der Waals surface area contributed by atoms with Crippen LogP contribution in [-0.4, -0.2) is 80.3 Å². The molecule has 0 radical (unpaired) electrons. The molecular formula is C38H80O6S6Si2. The van der Waals surface area contributed by atoms with Gasteiger partial charge in [-0.15, -0.1) is 0 Å². The van der Waals surface area contributed by atoms with Gasteiger partial charge in [0.15, 0.2) is 0 Å². The third-order valence-electron chi connectivity index (χ3n) is 9.64. The molecule has 1 aliphatic rings. The second-order valence-corrected chi connectivity index (χ2v) is 28.1. The standard InChI is InChI=1S/C38H80O6S6Si2/c1-7-39-51(40-8-2,41-9-3)36-26-19-15-13-17-24-32-45-49-47-34-30-38(28-22-21-23-29-38)31-35-48-50-46-33-25-18-14-16-20-27-37-52(42-10-4,43-11-5)44-12-6/h7-37H2,1-6H3. The Morgan fingerprint density at radius 1 is 0.385 bits per heavy atom. The lowest BCUT2D eigenvalue weighted by Gasteiger charge is -2.37. The van der Waals surface area contributed by atoms with Crippen molar-refractivity contribution in [2.45, 2.75) is 176 Å². The molecule has 0 bridgehead atoms. The molecule has 0 amide bonds. The molecule has 6 nitrogen and oxygen atoms in total. The second kappa shape index (κ2) is 36.4. The minimum atomic E-state index is -2.45. The van der Waals surface area contributed by atoms with E-state index >= 15 is 0 Å². The molecule has 0 aliphatic heterocycles. The summed E-state index contributed by atoms with van der Waals surface area (Å²) in [7, 11) is 7.60. The molecule has 312 valence electrons. The lowest BCUT2D eigenvalue weighted by Crippen LogP contribution is -2.45. The SMILES string of the molecule is CCO[Si](CCCCCCCCSSSCCC1(CCSSSCCCCCCCC[Si](OCC)(OCC)OCC)CCCCC1)(OCC)OCC. The van der Waals surface area contributed by atoms with Gasteiger partial charge in [-0.3, -0.25) is 0 Å². The second-order valence-electron chi connectivity index (χ2n) is 13.7. The molecule has 14 heteroatoms. The minimum absolute atomic E-state index is 0.612. The molecule has 0 spiro atoms. The largest absolute Gasteiger partial charge is 0.500 e. The zero-order valence-corrected chi connectivity index (χ0v) is 41.2. The van der Waals surface area contributed by atoms with Gasteiger partial charge in [-0.05, 0) is 118 Å². The first-order valence-corrected chi connectivity index (χ1v) is 32.6. The van der Waals surface area contributed by atoms with Crippen molar-refractivity contribution in [1.29, 1.82) is 0 Å². The van der Waals surface area contributed by atoms with Crippen molar-refractivity contribution in [3.05, 3.63) is 0 Å². The summed E-state index contributed by atoms with van der Waals surface area (Å²) in [6, 6.07) is 1.91. The van der Waals surface area contributed by atoms with Crippen LogP contribution in [0.1, 0.15) is 164 Å². The lowest BCUT2D eigenvalue weighted by atomic mass is 9.70. The number of hydrogen-bond donors (Lipinski definition) is 0. The zero-order valence-electron chi connectivity index (χ0n) is 34.3. The highest BCUT2D eigenvalue weighted by Gasteiger charge is 2.40. The predicted octanol–water partition coefficient (Wildman–Crippen LogP) is 14.6. The molecule has 0 atom stereocenters. The molecule has 0 aromatic rings. The molecule has 52 heavy (non-hydrogen) atoms. The Morgan fingerprint density at radius 3 is 1.04 bits per heavy atom. The highest BCUT2D eigenvalue weighted by Crippen LogP contribution is 2.47. The summed E-state index contributed by atoms with van der Waals surface area (Å²) < 4.78 is 36.0. The van der Waals surface area contributed by atoms with E-state index in [-0.39, 0.29) is 0 Å². The minimum Gasteiger partial charge on any atom is -0.374 e. The Balaban J connectivity index is 2.05. The fraction of sp³-hybridized carbons (Fsp3) is 1.00. The summed E-state index contributed by atoms with van der Waals surface area (Å²) in [6.45, 7) is 16.3. The van der Waals surface area contributed by atoms with Crippen LogP contribution in [0.15, 0.2) is 0 Å². The van der Waals surface area contributed by atoms with Gasteiger partial charge in [-0.2, -0.15) is 0 Å². The third-order valence-corrected chi connectivity index (χ3v) is 24.6. The van der Waals surface area contributed by atoms with Crippen LogP contribution in [0.4, 0.5) is 0 Å². The molecule has 0 N–H and O–H groups in total. The average molecular weight is 882 g/mol. The molecule has 1 saturated carbocycles. The maximum absolute atomic E-state index is 6.00. The van der Waals surface area contributed by atoms with Gasteiger partial charge in [-0.1, -0.05) is 114 Å². The quantitative estimate of drug-likeness (QED) is 0.0335. The predicted molar refractivity (Wildman–Crippen MR) is 246 cm³/mol. The van der Waals surface area contributed by atoms with Crippen LogP contribution in [0.25, 0.3) is 0 Å². The van der Waals surface area contributed by atoms with Crippen molar-refractivity contribution in [1.82, 2.24) is 0 Å². The van der Waals surface area contributed by atoms with E-state index in [4.69, 9.17) is 26.6 Å². The van der Waals surface area contributed by atoms with Gasteiger partial charge in [0.05, 0.1) is 0 Å². The first kappa shape index (κ1) is 52.3. The van der Waals surface area contributed by atoms with Gasteiger partial charge in [0.1, 0.15) is 0 Å². The van der Waals surface area contributed by atoms with E-state index < -0.39 is 17.6 Å². The topological polar surface area (TPSA) is 55.4 Å². The molecule has 0 aromatic carbocycles. The fourth-order valence-corrected chi connectivity index (χ4v) is 20.6. The Kier molecular flexibility index (Phi) is 36.6. The monoisotopic (exact) mass is 880 g/mol. The Hall–Kier alpha value is 2.29. The van der Waals surface area contributed by atoms with Gasteiger partial charge < -0.3 is 26.6 Å². The number of unbranched alkanes of at least 4 members (excludes halogenated alkanes) is 10. The highest BCUT2D eigenvalue weighted by molar-refractivity contribution is 9.09. The lowest BCUT2D eigenvalue weighted by molar-refractivity contribution is 0.0698. The van der Waals surface area contributed by atoms with Crippen molar-refractivity contribution >= 4 is 80.4 Å². The van der Waals surface area contributed by atoms with Crippen LogP contribution in [0.5, 0.6) is 0 Å². The zero-order chi connectivity index (χ0) is 37.9. The first-order chi connectivity index (χ1) is 25.5. The fourth-order valence-electron chi connectivity index (χ4n) is 7.07. The van der Waals surface area contributed by atoms with Crippen LogP contribution >= 0.6 is 62.8 Å². The van der Waals surface area contributed by atoms with E-state index in [2.05, 4.69) is 62.8 Å². The van der Waals surface area contributed by atoms with E-state index in [1.807, 2.05) is 41.5 Å². The maximum Gasteiger partial charge on any atom is 0.500 e. The summed E-state index contributed by atoms with van der Waals surface area (Å²) in [5.41, 5.74) is 0.612. The molecule has 1 rings (SSSR count). The Morgan fingerprint density at radius 2 is 0.692 bits per heavy atom. The summed E-state index contributed by atoms with van der Waals surface area (Å²) in [4.78, 5) is 0. The number of rotatable bonds is 40. The van der Waals surface area contributed by atoms with E-state index in [1.165, 1.54) is 132 Å². The van der Waals surface area contributed by atoms with Gasteiger partial charge in [0.2, 0.25) is 0 Å². The highest BCUT2D eigenvalue weighted by atomic mass is 33.5. The molecule has 0 heterocycles. The Labute approximate surface area is 348 Å². The number of hydrogen-bond acceptors (Lipinski definition) is 12. The molecule has 0 unspecified atom stereocenters. The van der Waals surface area contributed by atoms with Crippen molar-refractivity contribution in [3.8, 4) is 0 Å². The molecule has 1 fully saturated rings. The summed E-state index contributed by atoms with van der Waals surface area (Å²) >= 11 is 0. The van der Waals surface area contributed by atoms with Crippen LogP contribution in [0, 0.1) is 5.41 Å². The van der Waals surface area contributed by atoms with Crippen LogP contribution in [-0.2, 0) is 26.6 Å². The van der Waals surface area contributed by atoms with E-state index in [1.54, 1.807) is 0 Å². The van der Waals surface area contributed by atoms with Crippen LogP contribution in [0.3, 0.4) is 0 Å². The normalized spacial score (nSPS) is 15.1. The van der Waals surface area contributed by atoms with Crippen LogP contribution in [0.2, 0.25) is 12.1 Å². The van der Waals surface area contributed by atoms with E-state index in [0.717, 1.165) is 24.9 Å². The van der Waals surface area contributed by atoms with E-state index in [0.29, 0.717) is 45.1 Å². The van der Waals surface area contributed by atoms with Crippen molar-refractivity contribution < 1.29 is 26.6 Å². The molecular weight excluding hydrogens is 801 g/mol. The van der Waals surface area contributed by atoms with Crippen molar-refractivity contribution in [2.75, 3.05) is 62.7 Å². The van der Waals surface area contributed by atoms with Gasteiger partial charge in [-0.25, -0.2) is 0 Å². The molecule has 0 saturated heterocycles. The van der Waals surface area contributed by atoms with E-state index in [9.17, 15) is 0 Å². The van der Waals surface area contributed by atoms with Gasteiger partial charge in [0.25, 0.3) is 0 Å². The summed E-state index contributed by atoms with van der Waals surface area (Å²) in [6.07, 6.45) is 25.6. The van der Waals surface area contributed by atoms with Crippen molar-refractivity contribution in [3.63, 3.8) is 0 Å². The molecule has 1 aliphatic carbocycles. The van der Waals surface area contributed by atoms with Crippen molar-refractivity contribution in [2.24, 2.45) is 5.41 Å². The van der Waals surface area contributed by atoms with Gasteiger partial charge >= 0.3 is 17.6 Å². The summed E-state index contributed by atoms with van der Waals surface area (Å²) in [5.74, 6) is 5.19. The maximum atomic E-state index is 6.00. The van der Waals surface area contributed by atoms with Crippen LogP contribution < -0.4 is 0 Å². The third kappa shape index (κ3) is 26.3. The average Bonchev–Trinajstić information content (AvgIpc) is 3.13. The smallest absolute Gasteiger partial charge is 0.374 e. The first-order valence-electron chi connectivity index (χ1n) is 21.1. The summed E-state index contributed by atoms with van der Waals surface area (Å²) in [5, 5.41) is 0.